The third-order valence-electron chi connectivity index (χ3n) is 2.40. The number of rotatable bonds is 8. The van der Waals surface area contributed by atoms with Gasteiger partial charge in [0.25, 0.3) is 0 Å². The second-order valence-corrected chi connectivity index (χ2v) is 3.28. The number of hydrogen-bond donors (Lipinski definition) is 1. The van der Waals surface area contributed by atoms with E-state index in [4.69, 9.17) is 9.47 Å². The number of likely N-dealkylation sites (N-methyl/N-ethyl adjacent to an activating group) is 1. The molecule has 0 rings (SSSR count). The Labute approximate surface area is 86.8 Å². The fraction of sp³-hybridized carbons (Fsp3) is 1.00. The van der Waals surface area contributed by atoms with Gasteiger partial charge in [-0.15, -0.1) is 0 Å². The maximum absolute atomic E-state index is 9.67. The molecule has 0 spiro atoms. The Bertz CT molecular complexity index is 129. The van der Waals surface area contributed by atoms with E-state index in [-0.39, 0.29) is 6.10 Å². The first-order chi connectivity index (χ1) is 6.69. The van der Waals surface area contributed by atoms with Gasteiger partial charge in [-0.2, -0.15) is 0 Å². The molecule has 4 heteroatoms. The predicted molar refractivity (Wildman–Crippen MR) is 56.5 cm³/mol. The minimum Gasteiger partial charge on any atom is -0.388 e. The van der Waals surface area contributed by atoms with Crippen molar-refractivity contribution < 1.29 is 14.6 Å². The van der Waals surface area contributed by atoms with Crippen molar-refractivity contribution >= 4 is 0 Å². The average Bonchev–Trinajstić information content (AvgIpc) is 2.20. The molecule has 0 aliphatic heterocycles. The summed E-state index contributed by atoms with van der Waals surface area (Å²) in [5, 5.41) is 9.67. The van der Waals surface area contributed by atoms with E-state index < -0.39 is 6.10 Å². The molecule has 0 heterocycles. The van der Waals surface area contributed by atoms with Crippen molar-refractivity contribution in [1.29, 1.82) is 0 Å². The van der Waals surface area contributed by atoms with Crippen molar-refractivity contribution in [3.05, 3.63) is 0 Å². The summed E-state index contributed by atoms with van der Waals surface area (Å²) in [5.41, 5.74) is 0. The lowest BCUT2D eigenvalue weighted by Crippen LogP contribution is -2.42. The molecule has 86 valence electrons. The van der Waals surface area contributed by atoms with Crippen LogP contribution in [0, 0.1) is 0 Å². The summed E-state index contributed by atoms with van der Waals surface area (Å²) in [6.07, 6.45) is -0.722. The fourth-order valence-electron chi connectivity index (χ4n) is 1.37. The molecule has 0 saturated heterocycles. The third-order valence-corrected chi connectivity index (χ3v) is 2.40. The Morgan fingerprint density at radius 2 is 1.79 bits per heavy atom. The van der Waals surface area contributed by atoms with Gasteiger partial charge in [0.05, 0.1) is 12.7 Å². The Morgan fingerprint density at radius 3 is 2.14 bits per heavy atom. The predicted octanol–water partition coefficient (Wildman–Crippen LogP) is 0.350. The van der Waals surface area contributed by atoms with Crippen LogP contribution in [0.1, 0.15) is 13.8 Å². The molecule has 0 aromatic carbocycles. The van der Waals surface area contributed by atoms with E-state index in [9.17, 15) is 5.11 Å². The number of nitrogens with zero attached hydrogens (tertiary/aromatic N) is 1. The Hall–Kier alpha value is -0.160. The van der Waals surface area contributed by atoms with Crippen LogP contribution in [0.15, 0.2) is 0 Å². The highest BCUT2D eigenvalue weighted by Crippen LogP contribution is 2.02. The van der Waals surface area contributed by atoms with Gasteiger partial charge in [-0.1, -0.05) is 13.8 Å². The summed E-state index contributed by atoms with van der Waals surface area (Å²) in [6.45, 7) is 7.19. The summed E-state index contributed by atoms with van der Waals surface area (Å²) in [7, 11) is 3.19. The van der Waals surface area contributed by atoms with E-state index in [1.165, 1.54) is 0 Å². The zero-order valence-electron chi connectivity index (χ0n) is 9.69. The molecule has 1 N–H and O–H groups in total. The summed E-state index contributed by atoms with van der Waals surface area (Å²) in [6, 6.07) is 0. The second kappa shape index (κ2) is 8.17. The molecule has 0 fully saturated rings. The van der Waals surface area contributed by atoms with Crippen LogP contribution >= 0.6 is 0 Å². The van der Waals surface area contributed by atoms with Crippen LogP contribution in [-0.4, -0.2) is 62.7 Å². The van der Waals surface area contributed by atoms with Gasteiger partial charge in [-0.25, -0.2) is 0 Å². The topological polar surface area (TPSA) is 41.9 Å². The molecule has 14 heavy (non-hydrogen) atoms. The summed E-state index contributed by atoms with van der Waals surface area (Å²) >= 11 is 0. The van der Waals surface area contributed by atoms with E-state index in [0.29, 0.717) is 6.61 Å². The first-order valence-electron chi connectivity index (χ1n) is 5.11. The van der Waals surface area contributed by atoms with Gasteiger partial charge >= 0.3 is 0 Å². The van der Waals surface area contributed by atoms with Crippen molar-refractivity contribution in [3.63, 3.8) is 0 Å². The third kappa shape index (κ3) is 4.91. The zero-order chi connectivity index (χ0) is 11.0. The molecule has 0 radical (unpaired) electrons. The molecule has 0 saturated carbocycles. The minimum absolute atomic E-state index is 0.171. The monoisotopic (exact) mass is 205 g/mol. The zero-order valence-corrected chi connectivity index (χ0v) is 9.69. The lowest BCUT2D eigenvalue weighted by Gasteiger charge is -2.27. The normalized spacial score (nSPS) is 15.9. The van der Waals surface area contributed by atoms with Crippen LogP contribution in [0.25, 0.3) is 0 Å². The number of aliphatic hydroxyl groups excluding tert-OH is 1. The molecule has 0 aromatic rings. The molecule has 0 aliphatic carbocycles. The first kappa shape index (κ1) is 13.8. The molecule has 4 nitrogen and oxygen atoms in total. The molecule has 0 aliphatic rings. The Morgan fingerprint density at radius 1 is 1.21 bits per heavy atom. The van der Waals surface area contributed by atoms with E-state index in [0.717, 1.165) is 19.6 Å². The highest BCUT2D eigenvalue weighted by Gasteiger charge is 2.20. The van der Waals surface area contributed by atoms with Crippen LogP contribution in [0.4, 0.5) is 0 Å². The van der Waals surface area contributed by atoms with Crippen LogP contribution in [0.2, 0.25) is 0 Å². The standard InChI is InChI=1S/C10H23NO3/c1-5-11(6-2)7-10(14-4)9(12)8-13-3/h9-10,12H,5-8H2,1-4H3/t9-,10-/m0/s1. The van der Waals surface area contributed by atoms with Gasteiger partial charge in [-0.05, 0) is 13.1 Å². The van der Waals surface area contributed by atoms with E-state index in [2.05, 4.69) is 18.7 Å². The van der Waals surface area contributed by atoms with Crippen LogP contribution in [0.3, 0.4) is 0 Å². The smallest absolute Gasteiger partial charge is 0.105 e. The number of ether oxygens (including phenoxy) is 2. The highest BCUT2D eigenvalue weighted by molar-refractivity contribution is 4.72. The van der Waals surface area contributed by atoms with Crippen molar-refractivity contribution in [2.24, 2.45) is 0 Å². The van der Waals surface area contributed by atoms with E-state index in [1.807, 2.05) is 0 Å². The van der Waals surface area contributed by atoms with Crippen molar-refractivity contribution in [2.45, 2.75) is 26.1 Å². The van der Waals surface area contributed by atoms with Crippen LogP contribution in [-0.2, 0) is 9.47 Å². The maximum atomic E-state index is 9.67. The molecular weight excluding hydrogens is 182 g/mol. The molecule has 0 aromatic heterocycles. The SMILES string of the molecule is CCN(CC)C[C@H](OC)[C@@H](O)COC. The Kier molecular flexibility index (Phi) is 8.08. The van der Waals surface area contributed by atoms with Crippen molar-refractivity contribution in [2.75, 3.05) is 40.5 Å². The summed E-state index contributed by atoms with van der Waals surface area (Å²) in [4.78, 5) is 2.22. The highest BCUT2D eigenvalue weighted by atomic mass is 16.5. The first-order valence-corrected chi connectivity index (χ1v) is 5.11. The van der Waals surface area contributed by atoms with Gasteiger partial charge in [0.15, 0.2) is 0 Å². The van der Waals surface area contributed by atoms with Crippen molar-refractivity contribution in [3.8, 4) is 0 Å². The van der Waals surface area contributed by atoms with Crippen LogP contribution in [0.5, 0.6) is 0 Å². The number of aliphatic hydroxyl groups is 1. The number of methoxy groups -OCH3 is 2. The lowest BCUT2D eigenvalue weighted by atomic mass is 10.2. The quantitative estimate of drug-likeness (QED) is 0.621. The van der Waals surface area contributed by atoms with Crippen molar-refractivity contribution in [1.82, 2.24) is 4.90 Å². The van der Waals surface area contributed by atoms with Gasteiger partial charge in [0.2, 0.25) is 0 Å². The van der Waals surface area contributed by atoms with Gasteiger partial charge in [-0.3, -0.25) is 0 Å². The fourth-order valence-corrected chi connectivity index (χ4v) is 1.37. The summed E-state index contributed by atoms with van der Waals surface area (Å²) in [5.74, 6) is 0. The lowest BCUT2D eigenvalue weighted by molar-refractivity contribution is -0.0583. The molecule has 2 atom stereocenters. The largest absolute Gasteiger partial charge is 0.388 e. The molecule has 0 unspecified atom stereocenters. The van der Waals surface area contributed by atoms with E-state index >= 15 is 0 Å². The second-order valence-electron chi connectivity index (χ2n) is 3.28. The van der Waals surface area contributed by atoms with Gasteiger partial charge in [0, 0.05) is 20.8 Å². The minimum atomic E-state index is -0.550. The molecule has 0 bridgehead atoms. The van der Waals surface area contributed by atoms with E-state index in [1.54, 1.807) is 14.2 Å². The average molecular weight is 205 g/mol. The molecule has 0 amide bonds. The molecular formula is C10H23NO3. The van der Waals surface area contributed by atoms with Crippen LogP contribution < -0.4 is 0 Å². The van der Waals surface area contributed by atoms with Gasteiger partial charge in [0.1, 0.15) is 6.10 Å². The summed E-state index contributed by atoms with van der Waals surface area (Å²) < 4.78 is 10.1. The van der Waals surface area contributed by atoms with Gasteiger partial charge < -0.3 is 19.5 Å². The Balaban J connectivity index is 3.98. The maximum Gasteiger partial charge on any atom is 0.105 e. The number of hydrogen-bond acceptors (Lipinski definition) is 4.